The van der Waals surface area contributed by atoms with Gasteiger partial charge in [0.15, 0.2) is 5.82 Å². The lowest BCUT2D eigenvalue weighted by Gasteiger charge is -2.30. The van der Waals surface area contributed by atoms with Crippen LogP contribution in [0.1, 0.15) is 18.7 Å². The molecule has 3 heterocycles. The molecule has 0 amide bonds. The molecule has 102 valence electrons. The summed E-state index contributed by atoms with van der Waals surface area (Å²) in [5.74, 6) is 1.38. The Hall–Kier alpha value is -1.24. The number of likely N-dealkylation sites (N-methyl/N-ethyl adjacent to an activating group) is 1. The van der Waals surface area contributed by atoms with Crippen LogP contribution in [0.3, 0.4) is 0 Å². The lowest BCUT2D eigenvalue weighted by atomic mass is 10.1. The van der Waals surface area contributed by atoms with Gasteiger partial charge >= 0.3 is 0 Å². The second-order valence-corrected chi connectivity index (χ2v) is 5.72. The van der Waals surface area contributed by atoms with Crippen molar-refractivity contribution < 1.29 is 4.52 Å². The topological polar surface area (TPSA) is 54.2 Å². The highest BCUT2D eigenvalue weighted by atomic mass is 32.1. The van der Waals surface area contributed by atoms with Crippen LogP contribution in [0.25, 0.3) is 11.5 Å². The molecule has 1 unspecified atom stereocenters. The number of nitrogens with one attached hydrogen (secondary N) is 1. The van der Waals surface area contributed by atoms with Crippen molar-refractivity contribution in [3.05, 3.63) is 22.7 Å². The molecule has 1 aliphatic heterocycles. The second-order valence-electron chi connectivity index (χ2n) is 4.94. The molecular weight excluding hydrogens is 260 g/mol. The van der Waals surface area contributed by atoms with Gasteiger partial charge in [-0.2, -0.15) is 16.3 Å². The van der Waals surface area contributed by atoms with Gasteiger partial charge in [-0.25, -0.2) is 0 Å². The summed E-state index contributed by atoms with van der Waals surface area (Å²) in [5, 5.41) is 11.5. The molecule has 0 aromatic carbocycles. The van der Waals surface area contributed by atoms with E-state index in [4.69, 9.17) is 4.52 Å². The summed E-state index contributed by atoms with van der Waals surface area (Å²) >= 11 is 1.63. The van der Waals surface area contributed by atoms with Crippen LogP contribution in [0.4, 0.5) is 0 Å². The molecule has 0 spiro atoms. The lowest BCUT2D eigenvalue weighted by Crippen LogP contribution is -2.43. The third-order valence-electron chi connectivity index (χ3n) is 3.52. The highest BCUT2D eigenvalue weighted by Crippen LogP contribution is 2.20. The predicted molar refractivity (Wildman–Crippen MR) is 75.0 cm³/mol. The number of aromatic nitrogens is 2. The average Bonchev–Trinajstić information content (AvgIpc) is 3.10. The molecule has 1 atom stereocenters. The van der Waals surface area contributed by atoms with Gasteiger partial charge < -0.3 is 9.84 Å². The van der Waals surface area contributed by atoms with E-state index in [1.165, 1.54) is 12.8 Å². The minimum Gasteiger partial charge on any atom is -0.334 e. The number of thiophene rings is 1. The molecule has 3 rings (SSSR count). The van der Waals surface area contributed by atoms with Crippen molar-refractivity contribution in [1.82, 2.24) is 20.4 Å². The van der Waals surface area contributed by atoms with Crippen LogP contribution in [0.15, 0.2) is 21.3 Å². The van der Waals surface area contributed by atoms with E-state index in [-0.39, 0.29) is 0 Å². The first kappa shape index (κ1) is 12.8. The average molecular weight is 278 g/mol. The van der Waals surface area contributed by atoms with E-state index in [9.17, 15) is 0 Å². The molecule has 2 aromatic heterocycles. The van der Waals surface area contributed by atoms with Crippen molar-refractivity contribution in [2.24, 2.45) is 0 Å². The van der Waals surface area contributed by atoms with Gasteiger partial charge in [0.1, 0.15) is 0 Å². The largest absolute Gasteiger partial charge is 0.334 e. The van der Waals surface area contributed by atoms with Crippen molar-refractivity contribution in [2.75, 3.05) is 20.1 Å². The van der Waals surface area contributed by atoms with Gasteiger partial charge in [-0.3, -0.25) is 4.90 Å². The van der Waals surface area contributed by atoms with Crippen molar-refractivity contribution in [3.63, 3.8) is 0 Å². The molecule has 1 aliphatic rings. The monoisotopic (exact) mass is 278 g/mol. The van der Waals surface area contributed by atoms with E-state index in [0.29, 0.717) is 11.9 Å². The maximum absolute atomic E-state index is 5.30. The fourth-order valence-electron chi connectivity index (χ4n) is 2.38. The van der Waals surface area contributed by atoms with E-state index in [0.717, 1.165) is 31.0 Å². The number of rotatable bonds is 4. The Balaban J connectivity index is 1.63. The molecule has 19 heavy (non-hydrogen) atoms. The fourth-order valence-corrected chi connectivity index (χ4v) is 3.01. The summed E-state index contributed by atoms with van der Waals surface area (Å²) in [6.45, 7) is 2.92. The van der Waals surface area contributed by atoms with Crippen LogP contribution < -0.4 is 5.32 Å². The molecule has 1 fully saturated rings. The summed E-state index contributed by atoms with van der Waals surface area (Å²) < 4.78 is 5.30. The molecule has 0 aliphatic carbocycles. The van der Waals surface area contributed by atoms with E-state index in [1.54, 1.807) is 11.3 Å². The maximum Gasteiger partial charge on any atom is 0.258 e. The first-order valence-electron chi connectivity index (χ1n) is 6.59. The van der Waals surface area contributed by atoms with Crippen LogP contribution in [0.5, 0.6) is 0 Å². The third-order valence-corrected chi connectivity index (χ3v) is 4.20. The molecule has 2 aromatic rings. The minimum absolute atomic E-state index is 0.567. The van der Waals surface area contributed by atoms with Crippen molar-refractivity contribution >= 4 is 11.3 Å². The van der Waals surface area contributed by atoms with Crippen molar-refractivity contribution in [2.45, 2.75) is 25.4 Å². The zero-order valence-corrected chi connectivity index (χ0v) is 11.8. The van der Waals surface area contributed by atoms with Crippen LogP contribution >= 0.6 is 11.3 Å². The highest BCUT2D eigenvalue weighted by molar-refractivity contribution is 7.08. The third kappa shape index (κ3) is 3.02. The van der Waals surface area contributed by atoms with Gasteiger partial charge in [-0.15, -0.1) is 0 Å². The van der Waals surface area contributed by atoms with E-state index < -0.39 is 0 Å². The zero-order chi connectivity index (χ0) is 13.1. The molecule has 5 nitrogen and oxygen atoms in total. The molecule has 6 heteroatoms. The molecule has 0 bridgehead atoms. The van der Waals surface area contributed by atoms with Crippen LogP contribution in [0.2, 0.25) is 0 Å². The second kappa shape index (κ2) is 5.81. The van der Waals surface area contributed by atoms with Crippen molar-refractivity contribution in [1.29, 1.82) is 0 Å². The van der Waals surface area contributed by atoms with Gasteiger partial charge in [0, 0.05) is 18.0 Å². The Morgan fingerprint density at radius 3 is 3.26 bits per heavy atom. The van der Waals surface area contributed by atoms with Crippen molar-refractivity contribution in [3.8, 4) is 11.5 Å². The smallest absolute Gasteiger partial charge is 0.258 e. The minimum atomic E-state index is 0.567. The Kier molecular flexibility index (Phi) is 3.91. The zero-order valence-electron chi connectivity index (χ0n) is 11.0. The first-order chi connectivity index (χ1) is 9.33. The molecule has 0 saturated carbocycles. The van der Waals surface area contributed by atoms with Gasteiger partial charge in [0.05, 0.1) is 12.1 Å². The first-order valence-corrected chi connectivity index (χ1v) is 7.53. The number of nitrogens with zero attached hydrogens (tertiary/aromatic N) is 3. The number of hydrogen-bond donors (Lipinski definition) is 1. The molecular formula is C13H18N4OS. The molecule has 0 radical (unpaired) electrons. The molecule has 1 N–H and O–H groups in total. The van der Waals surface area contributed by atoms with Gasteiger partial charge in [0.25, 0.3) is 5.89 Å². The summed E-state index contributed by atoms with van der Waals surface area (Å²) in [6.07, 6.45) is 2.47. The van der Waals surface area contributed by atoms with Gasteiger partial charge in [-0.1, -0.05) is 5.16 Å². The van der Waals surface area contributed by atoms with Crippen LogP contribution in [-0.4, -0.2) is 41.2 Å². The normalized spacial score (nSPS) is 20.0. The Morgan fingerprint density at radius 2 is 2.53 bits per heavy atom. The van der Waals surface area contributed by atoms with Gasteiger partial charge in [-0.05, 0) is 37.9 Å². The van der Waals surface area contributed by atoms with Gasteiger partial charge in [0.2, 0.25) is 0 Å². The quantitative estimate of drug-likeness (QED) is 0.927. The number of hydrogen-bond acceptors (Lipinski definition) is 6. The van der Waals surface area contributed by atoms with Crippen LogP contribution in [0, 0.1) is 0 Å². The maximum atomic E-state index is 5.30. The highest BCUT2D eigenvalue weighted by Gasteiger charge is 2.19. The Morgan fingerprint density at radius 1 is 1.58 bits per heavy atom. The summed E-state index contributed by atoms with van der Waals surface area (Å²) in [7, 11) is 2.12. The summed E-state index contributed by atoms with van der Waals surface area (Å²) in [5.41, 5.74) is 1.01. The van der Waals surface area contributed by atoms with Crippen LogP contribution in [-0.2, 0) is 6.54 Å². The number of piperidine rings is 1. The fraction of sp³-hybridized carbons (Fsp3) is 0.538. The Bertz CT molecular complexity index is 504. The Labute approximate surface area is 116 Å². The van der Waals surface area contributed by atoms with E-state index >= 15 is 0 Å². The molecule has 1 saturated heterocycles. The summed E-state index contributed by atoms with van der Waals surface area (Å²) in [6, 6.07) is 2.56. The predicted octanol–water partition coefficient (Wildman–Crippen LogP) is 1.98. The lowest BCUT2D eigenvalue weighted by molar-refractivity contribution is 0.190. The van der Waals surface area contributed by atoms with E-state index in [2.05, 4.69) is 27.4 Å². The SMILES string of the molecule is CN(Cc1noc(-c2ccsc2)n1)C1CCCNC1. The standard InChI is InChI=1S/C13H18N4OS/c1-17(11-3-2-5-14-7-11)8-12-15-13(18-16-12)10-4-6-19-9-10/h4,6,9,11,14H,2-3,5,7-8H2,1H3. The summed E-state index contributed by atoms with van der Waals surface area (Å²) in [4.78, 5) is 6.75. The van der Waals surface area contributed by atoms with E-state index in [1.807, 2.05) is 16.8 Å².